The monoisotopic (exact) mass is 314 g/mol. The van der Waals surface area contributed by atoms with Crippen molar-refractivity contribution in [2.75, 3.05) is 5.33 Å². The third kappa shape index (κ3) is 2.43. The zero-order valence-electron chi connectivity index (χ0n) is 9.66. The lowest BCUT2D eigenvalue weighted by Crippen LogP contribution is -2.34. The molecule has 17 heavy (non-hydrogen) atoms. The first kappa shape index (κ1) is 13.1. The van der Waals surface area contributed by atoms with Gasteiger partial charge >= 0.3 is 0 Å². The van der Waals surface area contributed by atoms with Crippen molar-refractivity contribution in [2.45, 2.75) is 31.1 Å². The van der Waals surface area contributed by atoms with Crippen molar-refractivity contribution < 1.29 is 4.79 Å². The predicted molar refractivity (Wildman–Crippen MR) is 74.9 cm³/mol. The summed E-state index contributed by atoms with van der Waals surface area (Å²) < 4.78 is 0. The number of benzene rings is 1. The molecule has 0 aromatic heterocycles. The van der Waals surface area contributed by atoms with Crippen LogP contribution in [0.4, 0.5) is 0 Å². The minimum atomic E-state index is 0.0236. The molecule has 0 heterocycles. The summed E-state index contributed by atoms with van der Waals surface area (Å²) in [5.74, 6) is 0.0613. The Morgan fingerprint density at radius 1 is 1.29 bits per heavy atom. The molecule has 1 aliphatic rings. The Bertz CT molecular complexity index is 382. The molecule has 0 N–H and O–H groups in total. The van der Waals surface area contributed by atoms with E-state index in [1.54, 1.807) is 0 Å². The van der Waals surface area contributed by atoms with Crippen molar-refractivity contribution in [2.24, 2.45) is 5.92 Å². The van der Waals surface area contributed by atoms with Crippen LogP contribution < -0.4 is 0 Å². The zero-order chi connectivity index (χ0) is 12.3. The van der Waals surface area contributed by atoms with Crippen LogP contribution in [-0.4, -0.2) is 11.6 Å². The van der Waals surface area contributed by atoms with Gasteiger partial charge in [-0.2, -0.15) is 0 Å². The molecule has 1 aromatic carbocycles. The third-order valence-corrected chi connectivity index (χ3v) is 4.90. The van der Waals surface area contributed by atoms with E-state index in [0.29, 0.717) is 0 Å². The molecule has 92 valence electrons. The lowest BCUT2D eigenvalue weighted by Gasteiger charge is -2.34. The number of hydrogen-bond donors (Lipinski definition) is 0. The van der Waals surface area contributed by atoms with Crippen molar-refractivity contribution in [1.82, 2.24) is 0 Å². The van der Waals surface area contributed by atoms with Gasteiger partial charge in [0.25, 0.3) is 0 Å². The molecule has 0 saturated heterocycles. The van der Waals surface area contributed by atoms with Gasteiger partial charge in [-0.25, -0.2) is 0 Å². The highest BCUT2D eigenvalue weighted by Crippen LogP contribution is 2.46. The largest absolute Gasteiger partial charge is 0.303 e. The van der Waals surface area contributed by atoms with Gasteiger partial charge in [0.1, 0.15) is 6.29 Å². The maximum Gasteiger partial charge on any atom is 0.124 e. The predicted octanol–water partition coefficient (Wildman–Crippen LogP) is 4.36. The van der Waals surface area contributed by atoms with Gasteiger partial charge in [-0.3, -0.25) is 0 Å². The maximum atomic E-state index is 11.3. The summed E-state index contributed by atoms with van der Waals surface area (Å²) in [5.41, 5.74) is 1.28. The molecule has 3 heteroatoms. The first-order valence-electron chi connectivity index (χ1n) is 6.00. The van der Waals surface area contributed by atoms with Crippen LogP contribution in [0.15, 0.2) is 24.3 Å². The van der Waals surface area contributed by atoms with Crippen LogP contribution in [-0.2, 0) is 10.2 Å². The molecule has 1 unspecified atom stereocenters. The fraction of sp³-hybridized carbons (Fsp3) is 0.500. The second kappa shape index (κ2) is 5.53. The Morgan fingerprint density at radius 2 is 1.88 bits per heavy atom. The van der Waals surface area contributed by atoms with E-state index in [1.807, 2.05) is 12.1 Å². The average molecular weight is 316 g/mol. The van der Waals surface area contributed by atoms with E-state index in [9.17, 15) is 4.79 Å². The van der Waals surface area contributed by atoms with Gasteiger partial charge in [0.15, 0.2) is 0 Å². The number of halogens is 2. The van der Waals surface area contributed by atoms with E-state index in [0.717, 1.165) is 29.5 Å². The molecule has 0 amide bonds. The van der Waals surface area contributed by atoms with Crippen LogP contribution in [0.2, 0.25) is 5.02 Å². The molecule has 2 rings (SSSR count). The number of carbonyl (C=O) groups is 1. The van der Waals surface area contributed by atoms with E-state index in [1.165, 1.54) is 18.4 Å². The molecule has 1 aromatic rings. The maximum absolute atomic E-state index is 11.3. The van der Waals surface area contributed by atoms with Gasteiger partial charge < -0.3 is 4.79 Å². The van der Waals surface area contributed by atoms with E-state index in [4.69, 9.17) is 11.6 Å². The van der Waals surface area contributed by atoms with E-state index >= 15 is 0 Å². The molecule has 1 fully saturated rings. The average Bonchev–Trinajstić information content (AvgIpc) is 2.82. The summed E-state index contributed by atoms with van der Waals surface area (Å²) in [6.45, 7) is 0. The molecule has 1 saturated carbocycles. The van der Waals surface area contributed by atoms with Crippen LogP contribution >= 0.6 is 27.5 Å². The topological polar surface area (TPSA) is 17.1 Å². The van der Waals surface area contributed by atoms with Crippen molar-refractivity contribution in [1.29, 1.82) is 0 Å². The highest BCUT2D eigenvalue weighted by Gasteiger charge is 2.41. The molecule has 0 aliphatic heterocycles. The van der Waals surface area contributed by atoms with Crippen LogP contribution in [0, 0.1) is 5.92 Å². The van der Waals surface area contributed by atoms with Crippen molar-refractivity contribution in [3.05, 3.63) is 34.9 Å². The summed E-state index contributed by atoms with van der Waals surface area (Å²) in [5, 5.41) is 1.49. The highest BCUT2D eigenvalue weighted by molar-refractivity contribution is 9.09. The molecule has 0 spiro atoms. The Hall–Kier alpha value is -0.340. The second-order valence-electron chi connectivity index (χ2n) is 4.77. The lowest BCUT2D eigenvalue weighted by molar-refractivity contribution is -0.112. The molecular weight excluding hydrogens is 300 g/mol. The standard InChI is InChI=1S/C14H16BrClO/c15-9-12(10-17)14(7-1-2-8-14)11-3-5-13(16)6-4-11/h3-6,10,12H,1-2,7-9H2. The summed E-state index contributed by atoms with van der Waals surface area (Å²) in [6.07, 6.45) is 5.72. The summed E-state index contributed by atoms with van der Waals surface area (Å²) in [4.78, 5) is 11.3. The van der Waals surface area contributed by atoms with Gasteiger partial charge in [0, 0.05) is 21.7 Å². The van der Waals surface area contributed by atoms with E-state index in [2.05, 4.69) is 28.1 Å². The molecule has 0 radical (unpaired) electrons. The summed E-state index contributed by atoms with van der Waals surface area (Å²) in [7, 11) is 0. The number of rotatable bonds is 4. The normalized spacial score (nSPS) is 20.1. The number of hydrogen-bond acceptors (Lipinski definition) is 1. The lowest BCUT2D eigenvalue weighted by atomic mass is 9.70. The molecule has 1 atom stereocenters. The first-order chi connectivity index (χ1) is 8.23. The zero-order valence-corrected chi connectivity index (χ0v) is 12.0. The fourth-order valence-corrected chi connectivity index (χ4v) is 3.87. The van der Waals surface area contributed by atoms with Crippen LogP contribution in [0.1, 0.15) is 31.2 Å². The van der Waals surface area contributed by atoms with Crippen LogP contribution in [0.25, 0.3) is 0 Å². The number of carbonyl (C=O) groups excluding carboxylic acids is 1. The highest BCUT2D eigenvalue weighted by atomic mass is 79.9. The molecule has 1 aliphatic carbocycles. The Kier molecular flexibility index (Phi) is 4.26. The third-order valence-electron chi connectivity index (χ3n) is 3.96. The molecule has 1 nitrogen and oxygen atoms in total. The van der Waals surface area contributed by atoms with Crippen LogP contribution in [0.5, 0.6) is 0 Å². The van der Waals surface area contributed by atoms with E-state index in [-0.39, 0.29) is 11.3 Å². The van der Waals surface area contributed by atoms with Gasteiger partial charge in [-0.15, -0.1) is 0 Å². The van der Waals surface area contributed by atoms with Gasteiger partial charge in [0.2, 0.25) is 0 Å². The minimum absolute atomic E-state index is 0.0236. The Morgan fingerprint density at radius 3 is 2.35 bits per heavy atom. The van der Waals surface area contributed by atoms with Crippen molar-refractivity contribution in [3.8, 4) is 0 Å². The quantitative estimate of drug-likeness (QED) is 0.596. The SMILES string of the molecule is O=CC(CBr)C1(c2ccc(Cl)cc2)CCCC1. The summed E-state index contributed by atoms with van der Waals surface area (Å²) >= 11 is 9.41. The smallest absolute Gasteiger partial charge is 0.124 e. The Labute approximate surface area is 116 Å². The van der Waals surface area contributed by atoms with Crippen LogP contribution in [0.3, 0.4) is 0 Å². The minimum Gasteiger partial charge on any atom is -0.303 e. The summed E-state index contributed by atoms with van der Waals surface area (Å²) in [6, 6.07) is 8.00. The second-order valence-corrected chi connectivity index (χ2v) is 5.85. The Balaban J connectivity index is 2.40. The number of aldehydes is 1. The molecule has 0 bridgehead atoms. The van der Waals surface area contributed by atoms with E-state index < -0.39 is 0 Å². The number of alkyl halides is 1. The van der Waals surface area contributed by atoms with Gasteiger partial charge in [-0.1, -0.05) is 52.5 Å². The van der Waals surface area contributed by atoms with Crippen molar-refractivity contribution >= 4 is 33.8 Å². The van der Waals surface area contributed by atoms with Gasteiger partial charge in [-0.05, 0) is 30.5 Å². The molecular formula is C14H16BrClO. The fourth-order valence-electron chi connectivity index (χ4n) is 2.98. The van der Waals surface area contributed by atoms with Crippen molar-refractivity contribution in [3.63, 3.8) is 0 Å². The first-order valence-corrected chi connectivity index (χ1v) is 7.50. The van der Waals surface area contributed by atoms with Gasteiger partial charge in [0.05, 0.1) is 0 Å².